The Morgan fingerprint density at radius 3 is 2.37 bits per heavy atom. The van der Waals surface area contributed by atoms with Crippen molar-refractivity contribution < 1.29 is 0 Å². The first kappa shape index (κ1) is 13.0. The molecule has 0 radical (unpaired) electrons. The van der Waals surface area contributed by atoms with Crippen LogP contribution in [0.25, 0.3) is 0 Å². The fourth-order valence-corrected chi connectivity index (χ4v) is 3.09. The van der Waals surface area contributed by atoms with E-state index >= 15 is 0 Å². The Labute approximate surface area is 117 Å². The fourth-order valence-electron chi connectivity index (χ4n) is 3.09. The lowest BCUT2D eigenvalue weighted by molar-refractivity contribution is 0.312. The van der Waals surface area contributed by atoms with E-state index in [9.17, 15) is 0 Å². The van der Waals surface area contributed by atoms with Crippen LogP contribution in [0.3, 0.4) is 0 Å². The Hall–Kier alpha value is -1.02. The van der Waals surface area contributed by atoms with Crippen molar-refractivity contribution in [3.05, 3.63) is 28.8 Å². The van der Waals surface area contributed by atoms with Crippen LogP contribution in [0.2, 0.25) is 0 Å². The van der Waals surface area contributed by atoms with Crippen LogP contribution in [-0.4, -0.2) is 31.6 Å². The summed E-state index contributed by atoms with van der Waals surface area (Å²) >= 11 is 0. The zero-order chi connectivity index (χ0) is 13.6. The fraction of sp³-hybridized carbons (Fsp3) is 0.647. The molecule has 0 spiro atoms. The molecule has 2 nitrogen and oxygen atoms in total. The molecule has 0 N–H and O–H groups in total. The maximum atomic E-state index is 2.57. The molecule has 0 unspecified atom stereocenters. The van der Waals surface area contributed by atoms with Crippen molar-refractivity contribution in [3.63, 3.8) is 0 Å². The quantitative estimate of drug-likeness (QED) is 0.763. The second-order valence-electron chi connectivity index (χ2n) is 7.21. The van der Waals surface area contributed by atoms with E-state index in [1.165, 1.54) is 43.7 Å². The highest BCUT2D eigenvalue weighted by Gasteiger charge is 2.26. The third-order valence-corrected chi connectivity index (χ3v) is 4.57. The first-order valence-corrected chi connectivity index (χ1v) is 7.55. The lowest BCUT2D eigenvalue weighted by atomic mass is 9.83. The Kier molecular flexibility index (Phi) is 3.09. The zero-order valence-electron chi connectivity index (χ0n) is 12.8. The molecule has 2 heterocycles. The van der Waals surface area contributed by atoms with Gasteiger partial charge in [-0.25, -0.2) is 0 Å². The van der Waals surface area contributed by atoms with Crippen molar-refractivity contribution in [2.24, 2.45) is 0 Å². The number of anilines is 1. The molecule has 19 heavy (non-hydrogen) atoms. The molecule has 1 fully saturated rings. The molecule has 0 amide bonds. The summed E-state index contributed by atoms with van der Waals surface area (Å²) in [5.41, 5.74) is 6.43. The number of nitrogens with zero attached hydrogens (tertiary/aromatic N) is 2. The minimum absolute atomic E-state index is 0.241. The minimum atomic E-state index is 0.241. The van der Waals surface area contributed by atoms with Crippen molar-refractivity contribution in [3.8, 4) is 0 Å². The lowest BCUT2D eigenvalue weighted by Gasteiger charge is -2.39. The number of fused-ring (bicyclic) bond motifs is 1. The monoisotopic (exact) mass is 258 g/mol. The highest BCUT2D eigenvalue weighted by atomic mass is 15.2. The second-order valence-corrected chi connectivity index (χ2v) is 7.21. The smallest absolute Gasteiger partial charge is 0.0405 e. The van der Waals surface area contributed by atoms with Crippen LogP contribution in [0.4, 0.5) is 5.69 Å². The number of hydrogen-bond donors (Lipinski definition) is 0. The molecule has 2 aliphatic heterocycles. The van der Waals surface area contributed by atoms with Crippen molar-refractivity contribution in [2.75, 3.05) is 31.6 Å². The summed E-state index contributed by atoms with van der Waals surface area (Å²) < 4.78 is 0. The van der Waals surface area contributed by atoms with E-state index in [4.69, 9.17) is 0 Å². The van der Waals surface area contributed by atoms with Crippen LogP contribution in [0.1, 0.15) is 43.9 Å². The van der Waals surface area contributed by atoms with E-state index in [0.717, 1.165) is 6.54 Å². The summed E-state index contributed by atoms with van der Waals surface area (Å²) in [5, 5.41) is 0. The van der Waals surface area contributed by atoms with Crippen LogP contribution in [0.15, 0.2) is 12.1 Å². The van der Waals surface area contributed by atoms with E-state index in [-0.39, 0.29) is 5.41 Å². The average molecular weight is 258 g/mol. The van der Waals surface area contributed by atoms with Crippen LogP contribution in [0, 0.1) is 0 Å². The molecule has 1 aromatic carbocycles. The predicted molar refractivity (Wildman–Crippen MR) is 82.0 cm³/mol. The van der Waals surface area contributed by atoms with E-state index in [1.807, 2.05) is 0 Å². The highest BCUT2D eigenvalue weighted by Crippen LogP contribution is 2.36. The van der Waals surface area contributed by atoms with Crippen molar-refractivity contribution in [1.82, 2.24) is 4.90 Å². The van der Waals surface area contributed by atoms with Crippen molar-refractivity contribution >= 4 is 5.69 Å². The molecule has 2 heteroatoms. The van der Waals surface area contributed by atoms with Gasteiger partial charge in [0.05, 0.1) is 0 Å². The number of rotatable bonds is 1. The molecule has 0 bridgehead atoms. The third kappa shape index (κ3) is 2.38. The van der Waals surface area contributed by atoms with Gasteiger partial charge in [0.2, 0.25) is 0 Å². The van der Waals surface area contributed by atoms with Crippen LogP contribution < -0.4 is 4.90 Å². The Morgan fingerprint density at radius 2 is 1.79 bits per heavy atom. The highest BCUT2D eigenvalue weighted by molar-refractivity contribution is 5.61. The molecule has 0 saturated carbocycles. The summed E-state index contributed by atoms with van der Waals surface area (Å²) in [6, 6.07) is 4.91. The summed E-state index contributed by atoms with van der Waals surface area (Å²) in [7, 11) is 2.23. The molecule has 1 saturated heterocycles. The van der Waals surface area contributed by atoms with Gasteiger partial charge in [-0.1, -0.05) is 26.8 Å². The first-order valence-electron chi connectivity index (χ1n) is 7.55. The maximum Gasteiger partial charge on any atom is 0.0405 e. The summed E-state index contributed by atoms with van der Waals surface area (Å²) in [5.74, 6) is 0. The number of likely N-dealkylation sites (N-methyl/N-ethyl adjacent to an activating group) is 1. The number of hydrogen-bond acceptors (Lipinski definition) is 2. The van der Waals surface area contributed by atoms with E-state index < -0.39 is 0 Å². The Balaban J connectivity index is 2.08. The maximum absolute atomic E-state index is 2.57. The van der Waals surface area contributed by atoms with Gasteiger partial charge in [-0.2, -0.15) is 0 Å². The van der Waals surface area contributed by atoms with Gasteiger partial charge in [0, 0.05) is 31.9 Å². The van der Waals surface area contributed by atoms with Crippen molar-refractivity contribution in [1.29, 1.82) is 0 Å². The van der Waals surface area contributed by atoms with Crippen molar-refractivity contribution in [2.45, 2.75) is 45.6 Å². The SMILES string of the molecule is CN1CCc2c(cc(C(C)(C)C)cc2N2CCC2)C1. The molecule has 104 valence electrons. The van der Waals surface area contributed by atoms with Crippen LogP contribution >= 0.6 is 0 Å². The van der Waals surface area contributed by atoms with Gasteiger partial charge in [-0.15, -0.1) is 0 Å². The average Bonchev–Trinajstić information content (AvgIpc) is 2.24. The van der Waals surface area contributed by atoms with Gasteiger partial charge in [0.25, 0.3) is 0 Å². The third-order valence-electron chi connectivity index (χ3n) is 4.57. The Bertz CT molecular complexity index is 481. The summed E-state index contributed by atoms with van der Waals surface area (Å²) in [6.07, 6.45) is 2.57. The minimum Gasteiger partial charge on any atom is -0.371 e. The van der Waals surface area contributed by atoms with Gasteiger partial charge < -0.3 is 9.80 Å². The molecular weight excluding hydrogens is 232 g/mol. The van der Waals surface area contributed by atoms with Crippen LogP contribution in [-0.2, 0) is 18.4 Å². The molecular formula is C17H26N2. The van der Waals surface area contributed by atoms with Gasteiger partial charge >= 0.3 is 0 Å². The standard InChI is InChI=1S/C17H26N2/c1-17(2,3)14-10-13-12-18(4)9-6-15(13)16(11-14)19-7-5-8-19/h10-11H,5-9,12H2,1-4H3. The first-order chi connectivity index (χ1) is 8.95. The van der Waals surface area contributed by atoms with E-state index in [0.29, 0.717) is 0 Å². The topological polar surface area (TPSA) is 6.48 Å². The largest absolute Gasteiger partial charge is 0.371 e. The van der Waals surface area contributed by atoms with Gasteiger partial charge in [-0.05, 0) is 48.1 Å². The van der Waals surface area contributed by atoms with E-state index in [1.54, 1.807) is 11.1 Å². The number of benzene rings is 1. The Morgan fingerprint density at radius 1 is 1.05 bits per heavy atom. The normalized spacial score (nSPS) is 20.1. The van der Waals surface area contributed by atoms with Gasteiger partial charge in [0.15, 0.2) is 0 Å². The molecule has 0 atom stereocenters. The molecule has 2 aliphatic rings. The molecule has 3 rings (SSSR count). The summed E-state index contributed by atoms with van der Waals surface area (Å²) in [6.45, 7) is 11.8. The second kappa shape index (κ2) is 4.52. The van der Waals surface area contributed by atoms with Gasteiger partial charge in [0.1, 0.15) is 0 Å². The molecule has 0 aromatic heterocycles. The zero-order valence-corrected chi connectivity index (χ0v) is 12.8. The van der Waals surface area contributed by atoms with E-state index in [2.05, 4.69) is 49.8 Å². The van der Waals surface area contributed by atoms with Crippen LogP contribution in [0.5, 0.6) is 0 Å². The van der Waals surface area contributed by atoms with Gasteiger partial charge in [-0.3, -0.25) is 0 Å². The predicted octanol–water partition coefficient (Wildman–Crippen LogP) is 3.18. The lowest BCUT2D eigenvalue weighted by Crippen LogP contribution is -2.39. The molecule has 1 aromatic rings. The summed E-state index contributed by atoms with van der Waals surface area (Å²) in [4.78, 5) is 5.01. The molecule has 0 aliphatic carbocycles.